The molecule has 0 aromatic rings. The molecule has 0 N–H and O–H groups in total. The Balaban J connectivity index is 2.89. The first-order valence-electron chi connectivity index (χ1n) is 4.81. The van der Waals surface area contributed by atoms with Crippen LogP contribution < -0.4 is 0 Å². The van der Waals surface area contributed by atoms with Gasteiger partial charge in [-0.3, -0.25) is 0 Å². The zero-order valence-corrected chi connectivity index (χ0v) is 7.82. The minimum absolute atomic E-state index is 0.955. The molecule has 0 radical (unpaired) electrons. The molecule has 1 unspecified atom stereocenters. The van der Waals surface area contributed by atoms with Gasteiger partial charge in [0, 0.05) is 0 Å². The van der Waals surface area contributed by atoms with Gasteiger partial charge in [-0.1, -0.05) is 0 Å². The summed E-state index contributed by atoms with van der Waals surface area (Å²) in [5, 5.41) is 1.36. The number of hydrogen-bond acceptors (Lipinski definition) is 0. The van der Waals surface area contributed by atoms with Crippen LogP contribution in [0.25, 0.3) is 0 Å². The summed E-state index contributed by atoms with van der Waals surface area (Å²) < 4.78 is 0. The summed E-state index contributed by atoms with van der Waals surface area (Å²) in [6.07, 6.45) is 7.11. The van der Waals surface area contributed by atoms with Crippen LogP contribution in [0.2, 0.25) is 5.09 Å². The maximum atomic E-state index is 2.35. The van der Waals surface area contributed by atoms with Gasteiger partial charge in [0.1, 0.15) is 0 Å². The van der Waals surface area contributed by atoms with Gasteiger partial charge < -0.3 is 0 Å². The average molecular weight is 134 g/mol. The Kier molecular flexibility index (Phi) is 8.16. The third kappa shape index (κ3) is 6.71. The minimum atomic E-state index is 0.955. The van der Waals surface area contributed by atoms with Gasteiger partial charge in [0.05, 0.1) is 0 Å². The van der Waals surface area contributed by atoms with Crippen molar-refractivity contribution < 1.29 is 0 Å². The summed E-state index contributed by atoms with van der Waals surface area (Å²) in [5.74, 6) is 0.955. The molecule has 0 saturated carbocycles. The van der Waals surface area contributed by atoms with Gasteiger partial charge in [0.2, 0.25) is 0 Å². The van der Waals surface area contributed by atoms with Crippen LogP contribution in [-0.4, -0.2) is 17.7 Å². The van der Waals surface area contributed by atoms with E-state index >= 15 is 0 Å². The van der Waals surface area contributed by atoms with Crippen LogP contribution in [0.1, 0.15) is 46.0 Å². The van der Waals surface area contributed by atoms with Crippen molar-refractivity contribution in [1.29, 1.82) is 0 Å². The van der Waals surface area contributed by atoms with Gasteiger partial charge in [-0.05, 0) is 0 Å². The summed E-state index contributed by atoms with van der Waals surface area (Å²) in [6.45, 7) is 4.64. The van der Waals surface area contributed by atoms with E-state index in [-0.39, 0.29) is 0 Å². The molecule has 0 amide bonds. The van der Waals surface area contributed by atoms with Gasteiger partial charge in [0.15, 0.2) is 0 Å². The van der Waals surface area contributed by atoms with Gasteiger partial charge in [-0.25, -0.2) is 0 Å². The van der Waals surface area contributed by atoms with Crippen LogP contribution in [-0.2, 0) is 0 Å². The molecule has 0 bridgehead atoms. The summed E-state index contributed by atoms with van der Waals surface area (Å²) >= 11 is 2.27. The van der Waals surface area contributed by atoms with Gasteiger partial charge in [-0.15, -0.1) is 0 Å². The Morgan fingerprint density at radius 2 is 1.90 bits per heavy atom. The number of unbranched alkanes of at least 4 members (excludes halogenated alkanes) is 2. The van der Waals surface area contributed by atoms with Gasteiger partial charge in [-0.2, -0.15) is 0 Å². The van der Waals surface area contributed by atoms with Crippen LogP contribution in [0, 0.1) is 5.92 Å². The van der Waals surface area contributed by atoms with Crippen molar-refractivity contribution in [3.8, 4) is 0 Å². The van der Waals surface area contributed by atoms with Gasteiger partial charge >= 0.3 is 74.7 Å². The molecule has 1 atom stereocenters. The van der Waals surface area contributed by atoms with Crippen LogP contribution in [0.5, 0.6) is 0 Å². The Morgan fingerprint density at radius 1 is 1.20 bits per heavy atom. The van der Waals surface area contributed by atoms with Crippen molar-refractivity contribution in [3.05, 3.63) is 0 Å². The maximum absolute atomic E-state index is 2.35. The molecule has 0 rings (SSSR count). The monoisotopic (exact) mass is 134 g/mol. The van der Waals surface area contributed by atoms with E-state index in [2.05, 4.69) is 31.6 Å². The predicted octanol–water partition coefficient (Wildman–Crippen LogP) is 3.18. The number of hydrogen-bond donors (Lipinski definition) is 0. The molecular formula is C9H19Li. The van der Waals surface area contributed by atoms with E-state index in [1.54, 1.807) is 0 Å². The standard InChI is InChI=1S/C9H19.Li/c1-4-6-7-8-9(3)5-2;/h9H,1,4-8H2,2-3H3;. The molecule has 0 aromatic heterocycles. The normalized spacial score (nSPS) is 13.6. The van der Waals surface area contributed by atoms with Crippen molar-refractivity contribution in [2.45, 2.75) is 51.0 Å². The summed E-state index contributed by atoms with van der Waals surface area (Å²) in [6, 6.07) is 0. The topological polar surface area (TPSA) is 0 Å². The van der Waals surface area contributed by atoms with E-state index in [0.29, 0.717) is 0 Å². The van der Waals surface area contributed by atoms with E-state index in [0.717, 1.165) is 5.92 Å². The molecule has 0 saturated heterocycles. The van der Waals surface area contributed by atoms with Crippen molar-refractivity contribution in [2.24, 2.45) is 5.92 Å². The molecule has 0 aromatic carbocycles. The zero-order chi connectivity index (χ0) is 7.82. The Morgan fingerprint density at radius 3 is 2.40 bits per heavy atom. The molecule has 0 heterocycles. The SMILES string of the molecule is [Li][CH2]CCCCC(C)CC. The molecule has 0 spiro atoms. The van der Waals surface area contributed by atoms with Crippen molar-refractivity contribution in [1.82, 2.24) is 0 Å². The second kappa shape index (κ2) is 7.70. The fraction of sp³-hybridized carbons (Fsp3) is 1.00. The molecule has 0 aliphatic heterocycles. The first-order chi connectivity index (χ1) is 4.81. The molecule has 56 valence electrons. The molecule has 10 heavy (non-hydrogen) atoms. The molecule has 1 heteroatoms. The predicted molar refractivity (Wildman–Crippen MR) is 48.5 cm³/mol. The third-order valence-electron chi connectivity index (χ3n) is 2.25. The van der Waals surface area contributed by atoms with E-state index < -0.39 is 0 Å². The van der Waals surface area contributed by atoms with E-state index in [4.69, 9.17) is 0 Å². The van der Waals surface area contributed by atoms with Gasteiger partial charge in [0.25, 0.3) is 0 Å². The quantitative estimate of drug-likeness (QED) is 0.386. The van der Waals surface area contributed by atoms with Crippen molar-refractivity contribution in [3.63, 3.8) is 0 Å². The molecular weight excluding hydrogens is 115 g/mol. The molecule has 0 fully saturated rings. The van der Waals surface area contributed by atoms with Crippen LogP contribution in [0.4, 0.5) is 0 Å². The second-order valence-corrected chi connectivity index (χ2v) is 3.36. The Bertz CT molecular complexity index is 61.7. The van der Waals surface area contributed by atoms with Crippen LogP contribution in [0.15, 0.2) is 0 Å². The molecule has 0 nitrogen and oxygen atoms in total. The second-order valence-electron chi connectivity index (χ2n) is 3.36. The first-order valence-corrected chi connectivity index (χ1v) is 4.81. The molecule has 0 aliphatic rings. The van der Waals surface area contributed by atoms with Crippen LogP contribution >= 0.6 is 0 Å². The van der Waals surface area contributed by atoms with Crippen molar-refractivity contribution in [2.75, 3.05) is 0 Å². The first kappa shape index (κ1) is 10.6. The van der Waals surface area contributed by atoms with Crippen molar-refractivity contribution >= 4 is 17.7 Å². The molecule has 0 aliphatic carbocycles. The van der Waals surface area contributed by atoms with Crippen LogP contribution in [0.3, 0.4) is 0 Å². The Hall–Kier alpha value is 0.597. The average Bonchev–Trinajstić information content (AvgIpc) is 1.98. The van der Waals surface area contributed by atoms with E-state index in [9.17, 15) is 0 Å². The summed E-state index contributed by atoms with van der Waals surface area (Å²) in [4.78, 5) is 0. The van der Waals surface area contributed by atoms with E-state index in [1.807, 2.05) is 0 Å². The fourth-order valence-corrected chi connectivity index (χ4v) is 1.12. The summed E-state index contributed by atoms with van der Waals surface area (Å²) in [5.41, 5.74) is 0. The Labute approximate surface area is 75.0 Å². The zero-order valence-electron chi connectivity index (χ0n) is 7.82. The third-order valence-corrected chi connectivity index (χ3v) is 2.25. The van der Waals surface area contributed by atoms with E-state index in [1.165, 1.54) is 37.2 Å². The number of rotatable bonds is 6. The summed E-state index contributed by atoms with van der Waals surface area (Å²) in [7, 11) is 0. The fourth-order valence-electron chi connectivity index (χ4n) is 1.12.